The summed E-state index contributed by atoms with van der Waals surface area (Å²) in [6, 6.07) is 0.00200. The van der Waals surface area contributed by atoms with E-state index in [1.54, 1.807) is 0 Å². The van der Waals surface area contributed by atoms with Gasteiger partial charge >= 0.3 is 0 Å². The first kappa shape index (κ1) is 13.5. The van der Waals surface area contributed by atoms with Gasteiger partial charge in [-0.15, -0.1) is 0 Å². The molecule has 0 saturated carbocycles. The first-order valence-corrected chi connectivity index (χ1v) is 6.45. The van der Waals surface area contributed by atoms with Gasteiger partial charge < -0.3 is 10.6 Å². The molecule has 0 aliphatic carbocycles. The molecule has 0 aromatic rings. The summed E-state index contributed by atoms with van der Waals surface area (Å²) in [7, 11) is 0. The van der Waals surface area contributed by atoms with Crippen LogP contribution in [0.1, 0.15) is 40.5 Å². The van der Waals surface area contributed by atoms with Crippen molar-refractivity contribution in [2.24, 2.45) is 23.5 Å². The topological polar surface area (TPSA) is 46.3 Å². The molecule has 1 aliphatic rings. The van der Waals surface area contributed by atoms with Crippen LogP contribution in [0.25, 0.3) is 0 Å². The van der Waals surface area contributed by atoms with Gasteiger partial charge in [0.1, 0.15) is 0 Å². The Balaban J connectivity index is 2.43. The molecule has 0 bridgehead atoms. The fraction of sp³-hybridized carbons (Fsp3) is 0.923. The SMILES string of the molecule is CC(C)C(N)CC(=O)N1CCC(C)C(C)C1. The van der Waals surface area contributed by atoms with Crippen LogP contribution in [0, 0.1) is 17.8 Å². The van der Waals surface area contributed by atoms with E-state index in [0.29, 0.717) is 18.3 Å². The average Bonchev–Trinajstić information content (AvgIpc) is 2.21. The normalized spacial score (nSPS) is 28.2. The molecule has 3 atom stereocenters. The van der Waals surface area contributed by atoms with E-state index in [4.69, 9.17) is 5.73 Å². The maximum absolute atomic E-state index is 12.0. The minimum Gasteiger partial charge on any atom is -0.342 e. The number of nitrogens with zero attached hydrogens (tertiary/aromatic N) is 1. The largest absolute Gasteiger partial charge is 0.342 e. The Morgan fingerprint density at radius 1 is 1.38 bits per heavy atom. The van der Waals surface area contributed by atoms with Crippen LogP contribution >= 0.6 is 0 Å². The van der Waals surface area contributed by atoms with E-state index in [1.807, 2.05) is 4.90 Å². The highest BCUT2D eigenvalue weighted by atomic mass is 16.2. The summed E-state index contributed by atoms with van der Waals surface area (Å²) in [5, 5.41) is 0. The Morgan fingerprint density at radius 2 is 2.00 bits per heavy atom. The smallest absolute Gasteiger partial charge is 0.224 e. The molecule has 0 aromatic heterocycles. The predicted molar refractivity (Wildman–Crippen MR) is 67.0 cm³/mol. The molecule has 0 radical (unpaired) electrons. The van der Waals surface area contributed by atoms with Crippen LogP contribution in [0.15, 0.2) is 0 Å². The quantitative estimate of drug-likeness (QED) is 0.798. The highest BCUT2D eigenvalue weighted by Gasteiger charge is 2.26. The van der Waals surface area contributed by atoms with Crippen molar-refractivity contribution in [3.8, 4) is 0 Å². The van der Waals surface area contributed by atoms with Crippen molar-refractivity contribution in [2.75, 3.05) is 13.1 Å². The first-order chi connectivity index (χ1) is 7.41. The highest BCUT2D eigenvalue weighted by Crippen LogP contribution is 2.23. The molecule has 3 nitrogen and oxygen atoms in total. The zero-order chi connectivity index (χ0) is 12.3. The van der Waals surface area contributed by atoms with Crippen molar-refractivity contribution in [3.63, 3.8) is 0 Å². The van der Waals surface area contributed by atoms with E-state index in [9.17, 15) is 4.79 Å². The van der Waals surface area contributed by atoms with Gasteiger partial charge in [0.15, 0.2) is 0 Å². The van der Waals surface area contributed by atoms with Crippen LogP contribution in [-0.4, -0.2) is 29.9 Å². The Morgan fingerprint density at radius 3 is 2.50 bits per heavy atom. The van der Waals surface area contributed by atoms with Crippen LogP contribution in [0.5, 0.6) is 0 Å². The summed E-state index contributed by atoms with van der Waals surface area (Å²) < 4.78 is 0. The molecule has 1 rings (SSSR count). The number of hydrogen-bond acceptors (Lipinski definition) is 2. The van der Waals surface area contributed by atoms with Gasteiger partial charge in [-0.05, 0) is 24.2 Å². The third-order valence-corrected chi connectivity index (χ3v) is 3.95. The second-order valence-electron chi connectivity index (χ2n) is 5.69. The monoisotopic (exact) mass is 226 g/mol. The second-order valence-corrected chi connectivity index (χ2v) is 5.69. The molecular weight excluding hydrogens is 200 g/mol. The minimum atomic E-state index is 0.00200. The Labute approximate surface area is 99.4 Å². The number of hydrogen-bond donors (Lipinski definition) is 1. The van der Waals surface area contributed by atoms with Crippen molar-refractivity contribution < 1.29 is 4.79 Å². The number of nitrogens with two attached hydrogens (primary N) is 1. The number of piperidine rings is 1. The lowest BCUT2D eigenvalue weighted by molar-refractivity contribution is -0.134. The van der Waals surface area contributed by atoms with E-state index in [0.717, 1.165) is 25.4 Å². The lowest BCUT2D eigenvalue weighted by Crippen LogP contribution is -2.44. The molecule has 3 heteroatoms. The maximum Gasteiger partial charge on any atom is 0.224 e. The van der Waals surface area contributed by atoms with Crippen LogP contribution < -0.4 is 5.73 Å². The predicted octanol–water partition coefficient (Wildman–Crippen LogP) is 1.86. The average molecular weight is 226 g/mol. The molecule has 16 heavy (non-hydrogen) atoms. The molecule has 3 unspecified atom stereocenters. The van der Waals surface area contributed by atoms with Gasteiger partial charge in [-0.1, -0.05) is 27.7 Å². The van der Waals surface area contributed by atoms with E-state index in [-0.39, 0.29) is 11.9 Å². The Bertz CT molecular complexity index is 240. The molecule has 0 spiro atoms. The van der Waals surface area contributed by atoms with Gasteiger partial charge in [-0.25, -0.2) is 0 Å². The van der Waals surface area contributed by atoms with Gasteiger partial charge in [-0.3, -0.25) is 4.79 Å². The van der Waals surface area contributed by atoms with Crippen molar-refractivity contribution in [2.45, 2.75) is 46.6 Å². The molecule has 2 N–H and O–H groups in total. The number of likely N-dealkylation sites (tertiary alicyclic amines) is 1. The number of carbonyl (C=O) groups is 1. The van der Waals surface area contributed by atoms with E-state index in [2.05, 4.69) is 27.7 Å². The molecule has 0 aromatic carbocycles. The standard InChI is InChI=1S/C13H26N2O/c1-9(2)12(14)7-13(16)15-6-5-10(3)11(4)8-15/h9-12H,5-8,14H2,1-4H3. The van der Waals surface area contributed by atoms with E-state index < -0.39 is 0 Å². The molecule has 1 aliphatic heterocycles. The van der Waals surface area contributed by atoms with Crippen LogP contribution in [0.2, 0.25) is 0 Å². The van der Waals surface area contributed by atoms with Crippen molar-refractivity contribution in [3.05, 3.63) is 0 Å². The van der Waals surface area contributed by atoms with Crippen LogP contribution in [0.4, 0.5) is 0 Å². The highest BCUT2D eigenvalue weighted by molar-refractivity contribution is 5.77. The summed E-state index contributed by atoms with van der Waals surface area (Å²) in [4.78, 5) is 14.0. The number of rotatable bonds is 3. The molecule has 1 heterocycles. The third-order valence-electron chi connectivity index (χ3n) is 3.95. The summed E-state index contributed by atoms with van der Waals surface area (Å²) in [6.07, 6.45) is 1.63. The Kier molecular flexibility index (Phi) is 4.78. The van der Waals surface area contributed by atoms with Crippen molar-refractivity contribution in [1.29, 1.82) is 0 Å². The first-order valence-electron chi connectivity index (χ1n) is 6.45. The lowest BCUT2D eigenvalue weighted by atomic mass is 9.88. The molecular formula is C13H26N2O. The van der Waals surface area contributed by atoms with Crippen LogP contribution in [-0.2, 0) is 4.79 Å². The Hall–Kier alpha value is -0.570. The summed E-state index contributed by atoms with van der Waals surface area (Å²) in [5.74, 6) is 1.97. The van der Waals surface area contributed by atoms with Crippen molar-refractivity contribution in [1.82, 2.24) is 4.90 Å². The van der Waals surface area contributed by atoms with E-state index in [1.165, 1.54) is 0 Å². The fourth-order valence-corrected chi connectivity index (χ4v) is 2.06. The van der Waals surface area contributed by atoms with Gasteiger partial charge in [0.05, 0.1) is 0 Å². The lowest BCUT2D eigenvalue weighted by Gasteiger charge is -2.36. The van der Waals surface area contributed by atoms with Gasteiger partial charge in [0, 0.05) is 25.6 Å². The molecule has 1 fully saturated rings. The number of carbonyl (C=O) groups excluding carboxylic acids is 1. The molecule has 94 valence electrons. The fourth-order valence-electron chi connectivity index (χ4n) is 2.06. The van der Waals surface area contributed by atoms with Gasteiger partial charge in [0.25, 0.3) is 0 Å². The minimum absolute atomic E-state index is 0.00200. The summed E-state index contributed by atoms with van der Waals surface area (Å²) >= 11 is 0. The van der Waals surface area contributed by atoms with Crippen LogP contribution in [0.3, 0.4) is 0 Å². The third kappa shape index (κ3) is 3.48. The molecule has 1 amide bonds. The summed E-state index contributed by atoms with van der Waals surface area (Å²) in [5.41, 5.74) is 5.94. The molecule has 1 saturated heterocycles. The van der Waals surface area contributed by atoms with Crippen molar-refractivity contribution >= 4 is 5.91 Å². The van der Waals surface area contributed by atoms with Gasteiger partial charge in [-0.2, -0.15) is 0 Å². The summed E-state index contributed by atoms with van der Waals surface area (Å²) in [6.45, 7) is 10.5. The maximum atomic E-state index is 12.0. The second kappa shape index (κ2) is 5.67. The van der Waals surface area contributed by atoms with Gasteiger partial charge in [0.2, 0.25) is 5.91 Å². The zero-order valence-electron chi connectivity index (χ0n) is 11.1. The van der Waals surface area contributed by atoms with E-state index >= 15 is 0 Å². The number of amides is 1. The zero-order valence-corrected chi connectivity index (χ0v) is 11.1.